The van der Waals surface area contributed by atoms with E-state index in [1.54, 1.807) is 12.1 Å². The first-order valence-corrected chi connectivity index (χ1v) is 11.5. The summed E-state index contributed by atoms with van der Waals surface area (Å²) in [5, 5.41) is 0. The fourth-order valence-electron chi connectivity index (χ4n) is 3.53. The lowest BCUT2D eigenvalue weighted by atomic mass is 10.0. The lowest BCUT2D eigenvalue weighted by Gasteiger charge is -2.20. The molecule has 0 aliphatic heterocycles. The second kappa shape index (κ2) is 12.3. The van der Waals surface area contributed by atoms with E-state index >= 15 is 0 Å². The summed E-state index contributed by atoms with van der Waals surface area (Å²) in [6.07, 6.45) is -4.04. The Bertz CT molecular complexity index is 1010. The third kappa shape index (κ3) is 7.65. The van der Waals surface area contributed by atoms with Gasteiger partial charge in [0, 0.05) is 0 Å². The molecule has 0 fully saturated rings. The SMILES string of the molecule is CCCCCC[C@@H](OC(=O)c1ccc(-c2ccc(OCc3ccccc3)cc2)cc1)C(F)(F)F. The number of hydrogen-bond donors (Lipinski definition) is 0. The van der Waals surface area contributed by atoms with Crippen LogP contribution in [0.25, 0.3) is 11.1 Å². The Labute approximate surface area is 198 Å². The molecule has 0 aliphatic rings. The number of esters is 1. The molecule has 0 heterocycles. The van der Waals surface area contributed by atoms with Gasteiger partial charge in [-0.1, -0.05) is 80.8 Å². The van der Waals surface area contributed by atoms with Gasteiger partial charge in [-0.2, -0.15) is 13.2 Å². The Morgan fingerprint density at radius 1 is 0.824 bits per heavy atom. The summed E-state index contributed by atoms with van der Waals surface area (Å²) in [7, 11) is 0. The van der Waals surface area contributed by atoms with E-state index < -0.39 is 18.2 Å². The molecule has 0 radical (unpaired) electrons. The second-order valence-electron chi connectivity index (χ2n) is 8.16. The molecule has 34 heavy (non-hydrogen) atoms. The van der Waals surface area contributed by atoms with Crippen LogP contribution >= 0.6 is 0 Å². The number of ether oxygens (including phenoxy) is 2. The highest BCUT2D eigenvalue weighted by Gasteiger charge is 2.42. The van der Waals surface area contributed by atoms with Gasteiger partial charge in [-0.15, -0.1) is 0 Å². The number of hydrogen-bond acceptors (Lipinski definition) is 3. The molecular weight excluding hydrogens is 441 g/mol. The summed E-state index contributed by atoms with van der Waals surface area (Å²) < 4.78 is 50.5. The quantitative estimate of drug-likeness (QED) is 0.210. The van der Waals surface area contributed by atoms with Gasteiger partial charge >= 0.3 is 12.1 Å². The van der Waals surface area contributed by atoms with E-state index in [0.29, 0.717) is 19.4 Å². The van der Waals surface area contributed by atoms with Crippen LogP contribution in [0.4, 0.5) is 13.2 Å². The lowest BCUT2D eigenvalue weighted by molar-refractivity contribution is -0.206. The first-order valence-electron chi connectivity index (χ1n) is 11.5. The predicted molar refractivity (Wildman–Crippen MR) is 127 cm³/mol. The van der Waals surface area contributed by atoms with Gasteiger partial charge in [0.05, 0.1) is 5.56 Å². The monoisotopic (exact) mass is 470 g/mol. The van der Waals surface area contributed by atoms with Crippen LogP contribution in [0.5, 0.6) is 5.75 Å². The number of alkyl halides is 3. The van der Waals surface area contributed by atoms with Gasteiger partial charge in [-0.3, -0.25) is 0 Å². The Kier molecular flexibility index (Phi) is 9.14. The predicted octanol–water partition coefficient (Wildman–Crippen LogP) is 7.99. The van der Waals surface area contributed by atoms with Gasteiger partial charge in [0.15, 0.2) is 6.10 Å². The maximum atomic E-state index is 13.3. The second-order valence-corrected chi connectivity index (χ2v) is 8.16. The van der Waals surface area contributed by atoms with Crippen LogP contribution in [0.3, 0.4) is 0 Å². The van der Waals surface area contributed by atoms with Crippen LogP contribution in [0.2, 0.25) is 0 Å². The molecule has 6 heteroatoms. The van der Waals surface area contributed by atoms with Crippen molar-refractivity contribution in [1.82, 2.24) is 0 Å². The molecule has 0 saturated heterocycles. The molecule has 0 unspecified atom stereocenters. The molecule has 0 aliphatic carbocycles. The molecule has 3 aromatic carbocycles. The molecule has 0 aromatic heterocycles. The van der Waals surface area contributed by atoms with Gasteiger partial charge in [0.1, 0.15) is 12.4 Å². The smallest absolute Gasteiger partial charge is 0.425 e. The Balaban J connectivity index is 1.58. The van der Waals surface area contributed by atoms with E-state index in [-0.39, 0.29) is 12.0 Å². The highest BCUT2D eigenvalue weighted by Crippen LogP contribution is 2.29. The lowest BCUT2D eigenvalue weighted by Crippen LogP contribution is -2.33. The number of halogens is 3. The molecule has 180 valence electrons. The standard InChI is InChI=1S/C28H29F3O3/c1-2-3-4-8-11-26(28(29,30)31)34-27(32)24-14-12-22(13-15-24)23-16-18-25(19-17-23)33-20-21-9-6-5-7-10-21/h5-7,9-10,12-19,26H,2-4,8,11,20H2,1H3/t26-/m1/s1. The summed E-state index contributed by atoms with van der Waals surface area (Å²) >= 11 is 0. The van der Waals surface area contributed by atoms with E-state index in [9.17, 15) is 18.0 Å². The Hall–Kier alpha value is -3.28. The highest BCUT2D eigenvalue weighted by atomic mass is 19.4. The van der Waals surface area contributed by atoms with Crippen molar-refractivity contribution < 1.29 is 27.4 Å². The fraction of sp³-hybridized carbons (Fsp3) is 0.321. The summed E-state index contributed by atoms with van der Waals surface area (Å²) in [6, 6.07) is 23.7. The Morgan fingerprint density at radius 3 is 2.03 bits per heavy atom. The molecule has 0 spiro atoms. The van der Waals surface area contributed by atoms with Gasteiger partial charge in [0.2, 0.25) is 0 Å². The van der Waals surface area contributed by atoms with Gasteiger partial charge in [-0.05, 0) is 53.8 Å². The van der Waals surface area contributed by atoms with Crippen LogP contribution in [0.1, 0.15) is 54.9 Å². The summed E-state index contributed by atoms with van der Waals surface area (Å²) in [5.41, 5.74) is 2.89. The van der Waals surface area contributed by atoms with E-state index in [0.717, 1.165) is 35.3 Å². The number of carbonyl (C=O) groups excluding carboxylic acids is 1. The molecule has 3 aromatic rings. The summed E-state index contributed by atoms with van der Waals surface area (Å²) in [6.45, 7) is 2.45. The van der Waals surface area contributed by atoms with Crippen molar-refractivity contribution in [3.63, 3.8) is 0 Å². The topological polar surface area (TPSA) is 35.5 Å². The largest absolute Gasteiger partial charge is 0.489 e. The van der Waals surface area contributed by atoms with Crippen molar-refractivity contribution in [3.8, 4) is 16.9 Å². The van der Waals surface area contributed by atoms with E-state index in [1.807, 2.05) is 61.5 Å². The number of rotatable bonds is 11. The van der Waals surface area contributed by atoms with Crippen LogP contribution in [0.15, 0.2) is 78.9 Å². The Morgan fingerprint density at radius 2 is 1.44 bits per heavy atom. The first-order chi connectivity index (χ1) is 16.4. The third-order valence-electron chi connectivity index (χ3n) is 5.49. The molecule has 0 amide bonds. The van der Waals surface area contributed by atoms with Crippen LogP contribution in [0, 0.1) is 0 Å². The van der Waals surface area contributed by atoms with E-state index in [4.69, 9.17) is 9.47 Å². The molecule has 0 bridgehead atoms. The molecule has 1 atom stereocenters. The highest BCUT2D eigenvalue weighted by molar-refractivity contribution is 5.90. The molecule has 3 nitrogen and oxygen atoms in total. The average Bonchev–Trinajstić information content (AvgIpc) is 2.85. The van der Waals surface area contributed by atoms with Crippen molar-refractivity contribution in [3.05, 3.63) is 90.0 Å². The zero-order chi connectivity index (χ0) is 24.4. The van der Waals surface area contributed by atoms with Crippen molar-refractivity contribution in [2.45, 2.75) is 57.9 Å². The van der Waals surface area contributed by atoms with Gasteiger partial charge in [-0.25, -0.2) is 4.79 Å². The number of carbonyl (C=O) groups is 1. The van der Waals surface area contributed by atoms with Gasteiger partial charge < -0.3 is 9.47 Å². The minimum atomic E-state index is -4.58. The zero-order valence-electron chi connectivity index (χ0n) is 19.2. The molecule has 0 saturated carbocycles. The third-order valence-corrected chi connectivity index (χ3v) is 5.49. The summed E-state index contributed by atoms with van der Waals surface area (Å²) in [4.78, 5) is 12.3. The van der Waals surface area contributed by atoms with Crippen LogP contribution in [-0.4, -0.2) is 18.2 Å². The van der Waals surface area contributed by atoms with Crippen LogP contribution < -0.4 is 4.74 Å². The molecule has 3 rings (SSSR count). The first kappa shape index (κ1) is 25.3. The van der Waals surface area contributed by atoms with E-state index in [2.05, 4.69) is 0 Å². The van der Waals surface area contributed by atoms with Crippen molar-refractivity contribution in [2.24, 2.45) is 0 Å². The molecular formula is C28H29F3O3. The summed E-state index contributed by atoms with van der Waals surface area (Å²) in [5.74, 6) is -0.237. The van der Waals surface area contributed by atoms with Crippen molar-refractivity contribution in [2.75, 3.05) is 0 Å². The van der Waals surface area contributed by atoms with E-state index in [1.165, 1.54) is 12.1 Å². The maximum Gasteiger partial charge on any atom is 0.425 e. The fourth-order valence-corrected chi connectivity index (χ4v) is 3.53. The normalized spacial score (nSPS) is 12.2. The van der Waals surface area contributed by atoms with Crippen LogP contribution in [-0.2, 0) is 11.3 Å². The minimum absolute atomic E-state index is 0.0920. The number of benzene rings is 3. The maximum absolute atomic E-state index is 13.3. The zero-order valence-corrected chi connectivity index (χ0v) is 19.2. The minimum Gasteiger partial charge on any atom is -0.489 e. The number of unbranched alkanes of at least 4 members (excludes halogenated alkanes) is 3. The van der Waals surface area contributed by atoms with Crippen molar-refractivity contribution in [1.29, 1.82) is 0 Å². The molecule has 0 N–H and O–H groups in total. The van der Waals surface area contributed by atoms with Gasteiger partial charge in [0.25, 0.3) is 0 Å². The van der Waals surface area contributed by atoms with Crippen molar-refractivity contribution >= 4 is 5.97 Å². The average molecular weight is 471 g/mol.